The van der Waals surface area contributed by atoms with Crippen molar-refractivity contribution >= 4 is 11.5 Å². The van der Waals surface area contributed by atoms with Crippen molar-refractivity contribution in [1.29, 1.82) is 0 Å². The van der Waals surface area contributed by atoms with E-state index in [0.29, 0.717) is 18.3 Å². The molecule has 0 atom stereocenters. The monoisotopic (exact) mass is 253 g/mol. The van der Waals surface area contributed by atoms with E-state index in [4.69, 9.17) is 4.74 Å². The maximum absolute atomic E-state index is 10.8. The van der Waals surface area contributed by atoms with Gasteiger partial charge in [-0.3, -0.25) is 10.1 Å². The van der Waals surface area contributed by atoms with Gasteiger partial charge >= 0.3 is 5.69 Å². The molecule has 0 amide bonds. The summed E-state index contributed by atoms with van der Waals surface area (Å²) < 4.78 is 5.40. The summed E-state index contributed by atoms with van der Waals surface area (Å²) >= 11 is 0. The number of hydrogen-bond donors (Lipinski definition) is 1. The zero-order chi connectivity index (χ0) is 13.5. The van der Waals surface area contributed by atoms with Gasteiger partial charge in [0.15, 0.2) is 0 Å². The van der Waals surface area contributed by atoms with E-state index >= 15 is 0 Å². The summed E-state index contributed by atoms with van der Waals surface area (Å²) in [6.45, 7) is 4.70. The highest BCUT2D eigenvalue weighted by molar-refractivity contribution is 5.48. The van der Waals surface area contributed by atoms with Gasteiger partial charge in [0.1, 0.15) is 5.82 Å². The predicted molar refractivity (Wildman–Crippen MR) is 70.0 cm³/mol. The molecule has 0 spiro atoms. The van der Waals surface area contributed by atoms with Crippen LogP contribution in [-0.2, 0) is 0 Å². The van der Waals surface area contributed by atoms with Crippen LogP contribution in [0.1, 0.15) is 26.7 Å². The van der Waals surface area contributed by atoms with Crippen molar-refractivity contribution in [2.24, 2.45) is 5.92 Å². The zero-order valence-electron chi connectivity index (χ0n) is 11.0. The molecular formula is C12H19N3O3. The Labute approximate surface area is 107 Å². The molecule has 1 aromatic heterocycles. The van der Waals surface area contributed by atoms with Gasteiger partial charge in [0.05, 0.1) is 11.5 Å². The first-order chi connectivity index (χ1) is 8.54. The van der Waals surface area contributed by atoms with E-state index in [0.717, 1.165) is 12.8 Å². The maximum Gasteiger partial charge on any atom is 0.331 e. The molecule has 0 fully saturated rings. The second-order valence-electron chi connectivity index (χ2n) is 4.41. The maximum atomic E-state index is 10.8. The van der Waals surface area contributed by atoms with E-state index < -0.39 is 4.92 Å². The summed E-state index contributed by atoms with van der Waals surface area (Å²) in [5, 5.41) is 13.7. The highest BCUT2D eigenvalue weighted by atomic mass is 16.6. The highest BCUT2D eigenvalue weighted by Gasteiger charge is 2.17. The third-order valence-electron chi connectivity index (χ3n) is 2.46. The largest absolute Gasteiger partial charge is 0.473 e. The van der Waals surface area contributed by atoms with Crippen LogP contribution in [0.25, 0.3) is 0 Å². The molecule has 0 aromatic carbocycles. The van der Waals surface area contributed by atoms with E-state index in [-0.39, 0.29) is 11.6 Å². The molecule has 0 aliphatic rings. The lowest BCUT2D eigenvalue weighted by atomic mass is 10.1. The lowest BCUT2D eigenvalue weighted by Gasteiger charge is -2.08. The second kappa shape index (κ2) is 6.78. The third-order valence-corrected chi connectivity index (χ3v) is 2.46. The van der Waals surface area contributed by atoms with Gasteiger partial charge in [0.25, 0.3) is 5.88 Å². The van der Waals surface area contributed by atoms with Crippen LogP contribution in [0.3, 0.4) is 0 Å². The molecule has 0 unspecified atom stereocenters. The van der Waals surface area contributed by atoms with Gasteiger partial charge in [-0.2, -0.15) is 4.98 Å². The summed E-state index contributed by atoms with van der Waals surface area (Å²) in [6, 6.07) is 2.95. The van der Waals surface area contributed by atoms with Crippen molar-refractivity contribution in [1.82, 2.24) is 4.98 Å². The molecule has 1 heterocycles. The van der Waals surface area contributed by atoms with E-state index in [1.165, 1.54) is 6.07 Å². The number of nitrogens with zero attached hydrogens (tertiary/aromatic N) is 2. The smallest absolute Gasteiger partial charge is 0.331 e. The van der Waals surface area contributed by atoms with Crippen molar-refractivity contribution in [3.63, 3.8) is 0 Å². The summed E-state index contributed by atoms with van der Waals surface area (Å²) in [5.74, 6) is 1.23. The molecule has 0 radical (unpaired) electrons. The minimum Gasteiger partial charge on any atom is -0.473 e. The number of aromatic nitrogens is 1. The van der Waals surface area contributed by atoms with Gasteiger partial charge in [-0.25, -0.2) is 0 Å². The van der Waals surface area contributed by atoms with Crippen LogP contribution < -0.4 is 10.1 Å². The molecule has 100 valence electrons. The zero-order valence-corrected chi connectivity index (χ0v) is 11.0. The molecule has 0 saturated carbocycles. The average molecular weight is 253 g/mol. The van der Waals surface area contributed by atoms with Crippen LogP contribution in [0.15, 0.2) is 12.1 Å². The standard InChI is InChI=1S/C12H19N3O3/c1-9(2)5-4-8-18-12-10(15(16)17)6-7-11(13-3)14-12/h6-7,9H,4-5,8H2,1-3H3,(H,13,14). The molecule has 0 bridgehead atoms. The highest BCUT2D eigenvalue weighted by Crippen LogP contribution is 2.26. The minimum atomic E-state index is -0.482. The van der Waals surface area contributed by atoms with Crippen LogP contribution in [0, 0.1) is 16.0 Å². The Bertz CT molecular complexity index is 408. The van der Waals surface area contributed by atoms with Crippen LogP contribution >= 0.6 is 0 Å². The van der Waals surface area contributed by atoms with Crippen molar-refractivity contribution in [2.75, 3.05) is 19.0 Å². The Hall–Kier alpha value is -1.85. The SMILES string of the molecule is CNc1ccc([N+](=O)[O-])c(OCCCC(C)C)n1. The summed E-state index contributed by atoms with van der Waals surface area (Å²) in [4.78, 5) is 14.4. The van der Waals surface area contributed by atoms with Crippen LogP contribution in [0.5, 0.6) is 5.88 Å². The minimum absolute atomic E-state index is 0.0793. The van der Waals surface area contributed by atoms with Gasteiger partial charge in [-0.1, -0.05) is 13.8 Å². The van der Waals surface area contributed by atoms with E-state index in [1.54, 1.807) is 13.1 Å². The normalized spacial score (nSPS) is 10.4. The second-order valence-corrected chi connectivity index (χ2v) is 4.41. The first kappa shape index (κ1) is 14.2. The summed E-state index contributed by atoms with van der Waals surface area (Å²) in [6.07, 6.45) is 1.89. The first-order valence-electron chi connectivity index (χ1n) is 6.00. The van der Waals surface area contributed by atoms with E-state index in [9.17, 15) is 10.1 Å². The fourth-order valence-electron chi connectivity index (χ4n) is 1.48. The number of anilines is 1. The Morgan fingerprint density at radius 1 is 1.50 bits per heavy atom. The molecule has 0 aliphatic carbocycles. The fourth-order valence-corrected chi connectivity index (χ4v) is 1.48. The van der Waals surface area contributed by atoms with Gasteiger partial charge in [0.2, 0.25) is 0 Å². The molecule has 0 aliphatic heterocycles. The number of ether oxygens (including phenoxy) is 1. The number of rotatable bonds is 7. The van der Waals surface area contributed by atoms with Crippen molar-refractivity contribution < 1.29 is 9.66 Å². The summed E-state index contributed by atoms with van der Waals surface area (Å²) in [7, 11) is 1.71. The Kier molecular flexibility index (Phi) is 5.35. The lowest BCUT2D eigenvalue weighted by Crippen LogP contribution is -2.05. The van der Waals surface area contributed by atoms with Crippen molar-refractivity contribution in [3.8, 4) is 5.88 Å². The molecule has 0 saturated heterocycles. The lowest BCUT2D eigenvalue weighted by molar-refractivity contribution is -0.386. The van der Waals surface area contributed by atoms with Crippen molar-refractivity contribution in [3.05, 3.63) is 22.2 Å². The third kappa shape index (κ3) is 4.20. The van der Waals surface area contributed by atoms with Gasteiger partial charge in [0, 0.05) is 13.1 Å². The fraction of sp³-hybridized carbons (Fsp3) is 0.583. The molecule has 1 N–H and O–H groups in total. The molecule has 6 nitrogen and oxygen atoms in total. The average Bonchev–Trinajstić information content (AvgIpc) is 2.33. The summed E-state index contributed by atoms with van der Waals surface area (Å²) in [5.41, 5.74) is -0.0986. The number of hydrogen-bond acceptors (Lipinski definition) is 5. The molecule has 6 heteroatoms. The molecule has 18 heavy (non-hydrogen) atoms. The van der Waals surface area contributed by atoms with E-state index in [1.807, 2.05) is 0 Å². The number of nitrogens with one attached hydrogen (secondary N) is 1. The quantitative estimate of drug-likeness (QED) is 0.459. The number of nitro groups is 1. The van der Waals surface area contributed by atoms with Gasteiger partial charge in [-0.05, 0) is 24.8 Å². The molecule has 1 aromatic rings. The van der Waals surface area contributed by atoms with Gasteiger partial charge in [-0.15, -0.1) is 0 Å². The first-order valence-corrected chi connectivity index (χ1v) is 6.00. The van der Waals surface area contributed by atoms with Crippen LogP contribution in [0.4, 0.5) is 11.5 Å². The Morgan fingerprint density at radius 3 is 2.78 bits per heavy atom. The molecular weight excluding hydrogens is 234 g/mol. The topological polar surface area (TPSA) is 77.3 Å². The van der Waals surface area contributed by atoms with Crippen LogP contribution in [-0.4, -0.2) is 23.6 Å². The van der Waals surface area contributed by atoms with E-state index in [2.05, 4.69) is 24.1 Å². The molecule has 1 rings (SSSR count). The predicted octanol–water partition coefficient (Wildman–Crippen LogP) is 2.85. The number of pyridine rings is 1. The Morgan fingerprint density at radius 2 is 2.22 bits per heavy atom. The Balaban J connectivity index is 2.69. The van der Waals surface area contributed by atoms with Gasteiger partial charge < -0.3 is 10.1 Å². The van der Waals surface area contributed by atoms with Crippen LogP contribution in [0.2, 0.25) is 0 Å². The van der Waals surface area contributed by atoms with Crippen molar-refractivity contribution in [2.45, 2.75) is 26.7 Å².